The first-order valence-electron chi connectivity index (χ1n) is 9.68. The maximum absolute atomic E-state index is 15.6. The second kappa shape index (κ2) is 6.67. The largest absolute Gasteiger partial charge is 0.397 e. The molecule has 0 saturated heterocycles. The molecule has 0 radical (unpaired) electrons. The number of imidazole rings is 2. The molecule has 6 aromatic heterocycles. The number of fused-ring (bicyclic) bond motifs is 2. The summed E-state index contributed by atoms with van der Waals surface area (Å²) in [6.45, 7) is 1.90. The molecule has 6 heterocycles. The first-order chi connectivity index (χ1) is 15.6. The van der Waals surface area contributed by atoms with Crippen LogP contribution < -0.4 is 5.73 Å². The van der Waals surface area contributed by atoms with Crippen molar-refractivity contribution in [2.24, 2.45) is 0 Å². The van der Waals surface area contributed by atoms with Gasteiger partial charge >= 0.3 is 0 Å². The van der Waals surface area contributed by atoms with Crippen LogP contribution in [-0.2, 0) is 0 Å². The van der Waals surface area contributed by atoms with Crippen LogP contribution in [0.1, 0.15) is 5.69 Å². The number of hydrogen-bond donors (Lipinski definition) is 3. The van der Waals surface area contributed by atoms with Crippen LogP contribution in [0.5, 0.6) is 0 Å². The van der Waals surface area contributed by atoms with Crippen molar-refractivity contribution in [3.8, 4) is 28.5 Å². The predicted octanol–water partition coefficient (Wildman–Crippen LogP) is 3.17. The van der Waals surface area contributed by atoms with Gasteiger partial charge in [0.1, 0.15) is 23.4 Å². The van der Waals surface area contributed by atoms with Crippen molar-refractivity contribution in [1.29, 1.82) is 0 Å². The lowest BCUT2D eigenvalue weighted by atomic mass is 10.1. The Kier molecular flexibility index (Phi) is 3.78. The molecule has 156 valence electrons. The van der Waals surface area contributed by atoms with Crippen LogP contribution in [0.15, 0.2) is 49.4 Å². The Balaban J connectivity index is 1.55. The molecule has 0 saturated carbocycles. The number of H-pyrrole nitrogens is 2. The Morgan fingerprint density at radius 3 is 2.84 bits per heavy atom. The summed E-state index contributed by atoms with van der Waals surface area (Å²) in [5.74, 6) is 0.534. The summed E-state index contributed by atoms with van der Waals surface area (Å²) < 4.78 is 17.4. The average molecular weight is 426 g/mol. The molecule has 11 heteroatoms. The van der Waals surface area contributed by atoms with Crippen LogP contribution in [0.4, 0.5) is 10.1 Å². The number of aryl methyl sites for hydroxylation is 1. The van der Waals surface area contributed by atoms with Crippen molar-refractivity contribution in [2.45, 2.75) is 6.92 Å². The predicted molar refractivity (Wildman–Crippen MR) is 116 cm³/mol. The molecule has 6 rings (SSSR count). The molecule has 6 aromatic rings. The van der Waals surface area contributed by atoms with E-state index in [1.54, 1.807) is 29.2 Å². The van der Waals surface area contributed by atoms with E-state index in [1.165, 1.54) is 18.6 Å². The lowest BCUT2D eigenvalue weighted by Gasteiger charge is -2.05. The van der Waals surface area contributed by atoms with Crippen LogP contribution in [0.3, 0.4) is 0 Å². The van der Waals surface area contributed by atoms with E-state index in [0.29, 0.717) is 34.1 Å². The van der Waals surface area contributed by atoms with E-state index in [1.807, 2.05) is 13.1 Å². The van der Waals surface area contributed by atoms with Crippen molar-refractivity contribution in [1.82, 2.24) is 44.7 Å². The fourth-order valence-corrected chi connectivity index (χ4v) is 3.69. The third-order valence-electron chi connectivity index (χ3n) is 5.16. The topological polar surface area (TPSA) is 140 Å². The van der Waals surface area contributed by atoms with E-state index in [0.717, 1.165) is 11.2 Å². The number of nitrogen functional groups attached to an aromatic ring is 1. The van der Waals surface area contributed by atoms with Crippen molar-refractivity contribution in [2.75, 3.05) is 5.73 Å². The third-order valence-corrected chi connectivity index (χ3v) is 5.16. The highest BCUT2D eigenvalue weighted by molar-refractivity contribution is 5.95. The van der Waals surface area contributed by atoms with E-state index in [4.69, 9.17) is 5.73 Å². The molecule has 0 unspecified atom stereocenters. The van der Waals surface area contributed by atoms with Gasteiger partial charge < -0.3 is 10.7 Å². The van der Waals surface area contributed by atoms with Crippen molar-refractivity contribution < 1.29 is 4.39 Å². The van der Waals surface area contributed by atoms with Crippen LogP contribution in [0.2, 0.25) is 0 Å². The van der Waals surface area contributed by atoms with E-state index in [9.17, 15) is 0 Å². The molecular weight excluding hydrogens is 411 g/mol. The molecule has 0 atom stereocenters. The molecule has 0 amide bonds. The number of aromatic nitrogens is 9. The number of nitrogens with two attached hydrogens (primary N) is 1. The van der Waals surface area contributed by atoms with Gasteiger partial charge in [-0.05, 0) is 19.1 Å². The minimum atomic E-state index is -0.491. The summed E-state index contributed by atoms with van der Waals surface area (Å²) in [6.07, 6.45) is 9.66. The van der Waals surface area contributed by atoms with Crippen LogP contribution in [0, 0.1) is 12.7 Å². The zero-order chi connectivity index (χ0) is 21.8. The quantitative estimate of drug-likeness (QED) is 0.395. The number of halogens is 1. The Morgan fingerprint density at radius 1 is 1.12 bits per heavy atom. The van der Waals surface area contributed by atoms with E-state index < -0.39 is 5.82 Å². The van der Waals surface area contributed by atoms with E-state index in [2.05, 4.69) is 40.1 Å². The summed E-state index contributed by atoms with van der Waals surface area (Å²) in [6, 6.07) is 3.45. The van der Waals surface area contributed by atoms with Gasteiger partial charge in [-0.1, -0.05) is 0 Å². The Labute approximate surface area is 179 Å². The zero-order valence-corrected chi connectivity index (χ0v) is 16.7. The summed E-state index contributed by atoms with van der Waals surface area (Å²) in [5.41, 5.74) is 9.88. The molecule has 0 aromatic carbocycles. The second-order valence-electron chi connectivity index (χ2n) is 7.33. The molecule has 0 aliphatic rings. The van der Waals surface area contributed by atoms with Crippen LogP contribution in [-0.4, -0.2) is 44.7 Å². The molecule has 0 bridgehead atoms. The minimum absolute atomic E-state index is 0.219. The van der Waals surface area contributed by atoms with Gasteiger partial charge in [0.25, 0.3) is 0 Å². The second-order valence-corrected chi connectivity index (χ2v) is 7.33. The fraction of sp³-hybridized carbons (Fsp3) is 0.0476. The number of nitrogens with one attached hydrogen (secondary N) is 2. The number of aromatic amines is 2. The highest BCUT2D eigenvalue weighted by Gasteiger charge is 2.21. The maximum atomic E-state index is 15.6. The molecule has 10 nitrogen and oxygen atoms in total. The molecule has 32 heavy (non-hydrogen) atoms. The van der Waals surface area contributed by atoms with Crippen molar-refractivity contribution in [3.63, 3.8) is 0 Å². The van der Waals surface area contributed by atoms with Crippen molar-refractivity contribution in [3.05, 3.63) is 61.0 Å². The first-order valence-corrected chi connectivity index (χ1v) is 9.68. The Morgan fingerprint density at radius 2 is 2.03 bits per heavy atom. The van der Waals surface area contributed by atoms with E-state index >= 15 is 4.39 Å². The SMILES string of the molecule is Cc1cn(-c2nccc3[nH]c(-c4[nH]nc5ncc(-c6cncc(N)c6)c(F)c45)nc23)cn1. The molecule has 0 aliphatic heterocycles. The number of pyridine rings is 3. The molecule has 0 aliphatic carbocycles. The fourth-order valence-electron chi connectivity index (χ4n) is 3.69. The van der Waals surface area contributed by atoms with Gasteiger partial charge in [-0.2, -0.15) is 5.10 Å². The number of rotatable bonds is 3. The third kappa shape index (κ3) is 2.71. The van der Waals surface area contributed by atoms with Crippen LogP contribution in [0.25, 0.3) is 50.5 Å². The van der Waals surface area contributed by atoms with Crippen molar-refractivity contribution >= 4 is 27.8 Å². The maximum Gasteiger partial charge on any atom is 0.184 e. The van der Waals surface area contributed by atoms with Gasteiger partial charge in [0.05, 0.1) is 22.3 Å². The van der Waals surface area contributed by atoms with Gasteiger partial charge in [0.2, 0.25) is 0 Å². The summed E-state index contributed by atoms with van der Waals surface area (Å²) in [7, 11) is 0. The average Bonchev–Trinajstić information content (AvgIpc) is 3.51. The monoisotopic (exact) mass is 426 g/mol. The highest BCUT2D eigenvalue weighted by Crippen LogP contribution is 2.33. The summed E-state index contributed by atoms with van der Waals surface area (Å²) in [4.78, 5) is 24.9. The lowest BCUT2D eigenvalue weighted by molar-refractivity contribution is 0.642. The normalized spacial score (nSPS) is 11.6. The minimum Gasteiger partial charge on any atom is -0.397 e. The first kappa shape index (κ1) is 18.1. The van der Waals surface area contributed by atoms with Gasteiger partial charge in [0, 0.05) is 42.1 Å². The number of hydrogen-bond acceptors (Lipinski definition) is 7. The smallest absolute Gasteiger partial charge is 0.184 e. The van der Waals surface area contributed by atoms with E-state index in [-0.39, 0.29) is 16.6 Å². The molecular formula is C21H15FN10. The molecule has 0 spiro atoms. The molecule has 0 fully saturated rings. The zero-order valence-electron chi connectivity index (χ0n) is 16.7. The van der Waals surface area contributed by atoms with Gasteiger partial charge in [-0.25, -0.2) is 24.3 Å². The Bertz CT molecular complexity index is 1630. The standard InChI is InChI=1S/C21H15FN10/c1-10-8-32(9-27-10)21-17-14(2-3-25-21)28-20(29-17)18-15-16(22)13(7-26-19(15)31-30-18)11-4-12(23)6-24-5-11/h2-9H,23H2,1H3,(H,28,29)(H,26,30,31). The van der Waals surface area contributed by atoms with Gasteiger partial charge in [-0.15, -0.1) is 0 Å². The van der Waals surface area contributed by atoms with Gasteiger partial charge in [-0.3, -0.25) is 14.6 Å². The number of nitrogens with zero attached hydrogens (tertiary/aromatic N) is 7. The molecule has 4 N–H and O–H groups in total. The lowest BCUT2D eigenvalue weighted by Crippen LogP contribution is -1.95. The van der Waals surface area contributed by atoms with Gasteiger partial charge in [0.15, 0.2) is 17.3 Å². The number of anilines is 1. The van der Waals surface area contributed by atoms with Crippen LogP contribution >= 0.6 is 0 Å². The Hall–Kier alpha value is -4.67. The summed E-state index contributed by atoms with van der Waals surface area (Å²) >= 11 is 0. The highest BCUT2D eigenvalue weighted by atomic mass is 19.1. The summed E-state index contributed by atoms with van der Waals surface area (Å²) in [5, 5.41) is 7.23.